The van der Waals surface area contributed by atoms with Gasteiger partial charge in [-0.15, -0.1) is 0 Å². The number of nitro benzene ring substituents is 1. The molecule has 0 unspecified atom stereocenters. The molecule has 0 aliphatic carbocycles. The van der Waals surface area contributed by atoms with Gasteiger partial charge in [0.1, 0.15) is 12.4 Å². The lowest BCUT2D eigenvalue weighted by atomic mass is 10.0. The molecule has 2 aromatic carbocycles. The Labute approximate surface area is 168 Å². The Morgan fingerprint density at radius 2 is 1.79 bits per heavy atom. The molecule has 0 spiro atoms. The van der Waals surface area contributed by atoms with Crippen molar-refractivity contribution >= 4 is 17.5 Å². The van der Waals surface area contributed by atoms with Crippen LogP contribution in [0.15, 0.2) is 66.9 Å². The number of nitro groups is 1. The smallest absolute Gasteiger partial charge is 0.269 e. The number of hydrogen-bond donors (Lipinski definition) is 0. The molecule has 0 aliphatic rings. The molecule has 29 heavy (non-hydrogen) atoms. The van der Waals surface area contributed by atoms with Gasteiger partial charge in [-0.05, 0) is 73.0 Å². The molecular weight excluding hydrogens is 368 g/mol. The van der Waals surface area contributed by atoms with Crippen molar-refractivity contribution in [3.8, 4) is 5.75 Å². The zero-order valence-electron chi connectivity index (χ0n) is 16.2. The van der Waals surface area contributed by atoms with Crippen LogP contribution in [0.25, 0.3) is 6.08 Å². The number of carbonyl (C=O) groups is 1. The number of ketones is 1. The zero-order valence-corrected chi connectivity index (χ0v) is 16.2. The third-order valence-electron chi connectivity index (χ3n) is 4.36. The zero-order chi connectivity index (χ0) is 20.8. The van der Waals surface area contributed by atoms with E-state index in [4.69, 9.17) is 4.74 Å². The molecule has 0 saturated heterocycles. The molecule has 6 nitrogen and oxygen atoms in total. The van der Waals surface area contributed by atoms with E-state index in [1.165, 1.54) is 30.3 Å². The first-order valence-corrected chi connectivity index (χ1v) is 9.05. The van der Waals surface area contributed by atoms with E-state index in [1.807, 2.05) is 44.2 Å². The summed E-state index contributed by atoms with van der Waals surface area (Å²) in [5.41, 5.74) is 4.00. The van der Waals surface area contributed by atoms with Gasteiger partial charge in [-0.2, -0.15) is 0 Å². The summed E-state index contributed by atoms with van der Waals surface area (Å²) in [6.45, 7) is 4.29. The van der Waals surface area contributed by atoms with Crippen LogP contribution in [-0.2, 0) is 6.61 Å². The van der Waals surface area contributed by atoms with Crippen LogP contribution in [0.2, 0.25) is 0 Å². The van der Waals surface area contributed by atoms with Crippen molar-refractivity contribution in [2.45, 2.75) is 20.5 Å². The van der Waals surface area contributed by atoms with Gasteiger partial charge >= 0.3 is 0 Å². The normalized spacial score (nSPS) is 10.8. The third kappa shape index (κ3) is 5.13. The van der Waals surface area contributed by atoms with Crippen molar-refractivity contribution in [3.63, 3.8) is 0 Å². The minimum absolute atomic E-state index is 0.0435. The van der Waals surface area contributed by atoms with Crippen LogP contribution >= 0.6 is 0 Å². The number of allylic oxidation sites excluding steroid dienone is 1. The first-order valence-electron chi connectivity index (χ1n) is 9.05. The molecular formula is C23H20N2O4. The van der Waals surface area contributed by atoms with Crippen LogP contribution in [-0.4, -0.2) is 15.7 Å². The second-order valence-electron chi connectivity index (χ2n) is 6.60. The van der Waals surface area contributed by atoms with Crippen molar-refractivity contribution in [2.75, 3.05) is 0 Å². The molecule has 6 heteroatoms. The van der Waals surface area contributed by atoms with Crippen molar-refractivity contribution in [1.29, 1.82) is 0 Å². The van der Waals surface area contributed by atoms with Crippen LogP contribution in [0.3, 0.4) is 0 Å². The van der Waals surface area contributed by atoms with Crippen molar-refractivity contribution in [1.82, 2.24) is 4.98 Å². The molecule has 1 heterocycles. The van der Waals surface area contributed by atoms with E-state index in [-0.39, 0.29) is 11.5 Å². The quantitative estimate of drug-likeness (QED) is 0.244. The van der Waals surface area contributed by atoms with E-state index in [1.54, 1.807) is 12.3 Å². The van der Waals surface area contributed by atoms with Gasteiger partial charge in [0.25, 0.3) is 5.69 Å². The summed E-state index contributed by atoms with van der Waals surface area (Å²) < 4.78 is 5.93. The molecule has 0 bridgehead atoms. The highest BCUT2D eigenvalue weighted by atomic mass is 16.6. The second kappa shape index (κ2) is 8.93. The van der Waals surface area contributed by atoms with E-state index in [2.05, 4.69) is 4.98 Å². The number of hydrogen-bond acceptors (Lipinski definition) is 5. The number of aromatic nitrogens is 1. The molecule has 3 aromatic rings. The summed E-state index contributed by atoms with van der Waals surface area (Å²) in [5, 5.41) is 10.7. The molecule has 0 amide bonds. The van der Waals surface area contributed by atoms with Crippen molar-refractivity contribution in [2.24, 2.45) is 0 Å². The Morgan fingerprint density at radius 3 is 2.38 bits per heavy atom. The van der Waals surface area contributed by atoms with Crippen LogP contribution in [0.1, 0.15) is 32.7 Å². The summed E-state index contributed by atoms with van der Waals surface area (Å²) in [6, 6.07) is 15.1. The number of ether oxygens (including phenoxy) is 1. The number of pyridine rings is 1. The molecule has 0 aliphatic heterocycles. The van der Waals surface area contributed by atoms with Crippen LogP contribution in [0.5, 0.6) is 5.75 Å². The first-order chi connectivity index (χ1) is 13.9. The summed E-state index contributed by atoms with van der Waals surface area (Å²) >= 11 is 0. The average Bonchev–Trinajstić information content (AvgIpc) is 2.72. The van der Waals surface area contributed by atoms with Crippen molar-refractivity contribution in [3.05, 3.63) is 105 Å². The monoisotopic (exact) mass is 388 g/mol. The Kier molecular flexibility index (Phi) is 6.14. The Balaban J connectivity index is 1.70. The van der Waals surface area contributed by atoms with Crippen LogP contribution < -0.4 is 4.74 Å². The maximum atomic E-state index is 12.3. The minimum Gasteiger partial charge on any atom is -0.487 e. The fourth-order valence-electron chi connectivity index (χ4n) is 2.95. The predicted molar refractivity (Wildman–Crippen MR) is 111 cm³/mol. The van der Waals surface area contributed by atoms with E-state index in [0.29, 0.717) is 12.2 Å². The van der Waals surface area contributed by atoms with Gasteiger partial charge in [0.15, 0.2) is 5.78 Å². The lowest BCUT2D eigenvalue weighted by Gasteiger charge is -2.13. The molecule has 0 fully saturated rings. The Morgan fingerprint density at radius 1 is 1.10 bits per heavy atom. The standard InChI is InChI=1S/C23H20N2O4/c1-16-13-18(6-11-22(26)19-7-9-21(10-8-19)25(27)28)14-17(2)23(16)29-15-20-5-3-4-12-24-20/h3-14H,15H2,1-2H3/b11-6+. The first kappa shape index (κ1) is 19.9. The van der Waals surface area contributed by atoms with Gasteiger partial charge in [0.05, 0.1) is 10.6 Å². The predicted octanol–water partition coefficient (Wildman–Crippen LogP) is 5.08. The molecule has 0 N–H and O–H groups in total. The van der Waals surface area contributed by atoms with Gasteiger partial charge in [0.2, 0.25) is 0 Å². The molecule has 0 radical (unpaired) electrons. The number of aryl methyl sites for hydroxylation is 2. The van der Waals surface area contributed by atoms with E-state index >= 15 is 0 Å². The largest absolute Gasteiger partial charge is 0.487 e. The second-order valence-corrected chi connectivity index (χ2v) is 6.60. The van der Waals surface area contributed by atoms with Gasteiger partial charge in [-0.1, -0.05) is 12.1 Å². The molecule has 1 aromatic heterocycles. The number of nitrogens with zero attached hydrogens (tertiary/aromatic N) is 2. The highest BCUT2D eigenvalue weighted by Gasteiger charge is 2.09. The average molecular weight is 388 g/mol. The molecule has 146 valence electrons. The summed E-state index contributed by atoms with van der Waals surface area (Å²) in [7, 11) is 0. The number of rotatable bonds is 7. The number of non-ortho nitro benzene ring substituents is 1. The third-order valence-corrected chi connectivity index (χ3v) is 4.36. The maximum absolute atomic E-state index is 12.3. The lowest BCUT2D eigenvalue weighted by Crippen LogP contribution is -2.01. The highest BCUT2D eigenvalue weighted by molar-refractivity contribution is 6.06. The SMILES string of the molecule is Cc1cc(/C=C/C(=O)c2ccc([N+](=O)[O-])cc2)cc(C)c1OCc1ccccn1. The Bertz CT molecular complexity index is 1030. The van der Waals surface area contributed by atoms with E-state index < -0.39 is 4.92 Å². The highest BCUT2D eigenvalue weighted by Crippen LogP contribution is 2.26. The summed E-state index contributed by atoms with van der Waals surface area (Å²) in [4.78, 5) is 26.8. The topological polar surface area (TPSA) is 82.3 Å². The molecule has 3 rings (SSSR count). The van der Waals surface area contributed by atoms with Crippen LogP contribution in [0.4, 0.5) is 5.69 Å². The van der Waals surface area contributed by atoms with Crippen LogP contribution in [0, 0.1) is 24.0 Å². The minimum atomic E-state index is -0.493. The van der Waals surface area contributed by atoms with E-state index in [0.717, 1.165) is 28.1 Å². The van der Waals surface area contributed by atoms with Crippen molar-refractivity contribution < 1.29 is 14.5 Å². The van der Waals surface area contributed by atoms with Gasteiger partial charge < -0.3 is 4.74 Å². The Hall–Kier alpha value is -3.80. The maximum Gasteiger partial charge on any atom is 0.269 e. The van der Waals surface area contributed by atoms with Gasteiger partial charge in [0, 0.05) is 23.9 Å². The number of carbonyl (C=O) groups excluding carboxylic acids is 1. The molecule has 0 saturated carbocycles. The number of benzene rings is 2. The summed E-state index contributed by atoms with van der Waals surface area (Å²) in [5.74, 6) is 0.584. The van der Waals surface area contributed by atoms with Gasteiger partial charge in [-0.3, -0.25) is 19.9 Å². The fourth-order valence-corrected chi connectivity index (χ4v) is 2.95. The van der Waals surface area contributed by atoms with E-state index in [9.17, 15) is 14.9 Å². The van der Waals surface area contributed by atoms with Gasteiger partial charge in [-0.25, -0.2) is 0 Å². The molecule has 0 atom stereocenters. The lowest BCUT2D eigenvalue weighted by molar-refractivity contribution is -0.384. The fraction of sp³-hybridized carbons (Fsp3) is 0.130. The summed E-state index contributed by atoms with van der Waals surface area (Å²) in [6.07, 6.45) is 4.92.